The molecule has 0 saturated carbocycles. The number of aliphatic hydroxyl groups excluding tert-OH is 1. The second kappa shape index (κ2) is 9.59. The summed E-state index contributed by atoms with van der Waals surface area (Å²) in [6.07, 6.45) is -0.0578. The molecule has 6 heteroatoms. The minimum atomic E-state index is -0.486. The third-order valence-corrected chi connectivity index (χ3v) is 4.11. The van der Waals surface area contributed by atoms with Gasteiger partial charge in [0, 0.05) is 24.1 Å². The minimum Gasteiger partial charge on any atom is -0.491 e. The van der Waals surface area contributed by atoms with Crippen LogP contribution in [-0.4, -0.2) is 67.8 Å². The Morgan fingerprint density at radius 3 is 2.52 bits per heavy atom. The molecule has 1 N–H and O–H groups in total. The molecular weight excluding hydrogens is 362 g/mol. The maximum absolute atomic E-state index is 10.1. The van der Waals surface area contributed by atoms with Gasteiger partial charge in [0.05, 0.1) is 31.5 Å². The lowest BCUT2D eigenvalue weighted by molar-refractivity contribution is -0.0824. The Morgan fingerprint density at radius 2 is 1.87 bits per heavy atom. The predicted molar refractivity (Wildman–Crippen MR) is 92.9 cm³/mol. The number of benzene rings is 1. The zero-order valence-electron chi connectivity index (χ0n) is 13.8. The van der Waals surface area contributed by atoms with Crippen molar-refractivity contribution in [1.29, 1.82) is 0 Å². The van der Waals surface area contributed by atoms with Crippen LogP contribution < -0.4 is 4.74 Å². The number of β-amino-alcohol motifs (C(OH)–C–C–N with tert-alkyl or cyclic N) is 1. The van der Waals surface area contributed by atoms with E-state index in [1.54, 1.807) is 0 Å². The van der Waals surface area contributed by atoms with Gasteiger partial charge in [0.15, 0.2) is 0 Å². The van der Waals surface area contributed by atoms with Crippen molar-refractivity contribution in [2.45, 2.75) is 32.2 Å². The maximum atomic E-state index is 10.1. The number of hydrogen-bond donors (Lipinski definition) is 1. The fraction of sp³-hybridized carbons (Fsp3) is 0.647. The molecule has 1 aliphatic heterocycles. The summed E-state index contributed by atoms with van der Waals surface area (Å²) >= 11 is 3.38. The first-order valence-electron chi connectivity index (χ1n) is 8.05. The van der Waals surface area contributed by atoms with Crippen molar-refractivity contribution in [3.8, 4) is 5.75 Å². The van der Waals surface area contributed by atoms with Crippen molar-refractivity contribution in [2.24, 2.45) is 0 Å². The molecule has 0 bridgehead atoms. The van der Waals surface area contributed by atoms with Gasteiger partial charge >= 0.3 is 0 Å². The monoisotopic (exact) mass is 387 g/mol. The van der Waals surface area contributed by atoms with Crippen LogP contribution >= 0.6 is 15.9 Å². The first-order chi connectivity index (χ1) is 11.0. The summed E-state index contributed by atoms with van der Waals surface area (Å²) in [6.45, 7) is 7.70. The number of rotatable bonds is 8. The van der Waals surface area contributed by atoms with Gasteiger partial charge in [0.2, 0.25) is 0 Å². The molecule has 5 nitrogen and oxygen atoms in total. The van der Waals surface area contributed by atoms with E-state index in [1.165, 1.54) is 0 Å². The highest BCUT2D eigenvalue weighted by Crippen LogP contribution is 2.16. The molecule has 1 saturated heterocycles. The lowest BCUT2D eigenvalue weighted by Crippen LogP contribution is -2.48. The zero-order valence-corrected chi connectivity index (χ0v) is 15.4. The average Bonchev–Trinajstić information content (AvgIpc) is 2.47. The summed E-state index contributed by atoms with van der Waals surface area (Å²) in [4.78, 5) is 2.23. The first-order valence-corrected chi connectivity index (χ1v) is 8.84. The van der Waals surface area contributed by atoms with Crippen LogP contribution in [-0.2, 0) is 9.47 Å². The van der Waals surface area contributed by atoms with E-state index >= 15 is 0 Å². The quantitative estimate of drug-likeness (QED) is 0.693. The van der Waals surface area contributed by atoms with E-state index in [2.05, 4.69) is 34.7 Å². The first kappa shape index (κ1) is 18.7. The maximum Gasteiger partial charge on any atom is 0.119 e. The van der Waals surface area contributed by atoms with Crippen molar-refractivity contribution < 1.29 is 19.3 Å². The van der Waals surface area contributed by atoms with Crippen LogP contribution in [0, 0.1) is 0 Å². The molecule has 0 radical (unpaired) electrons. The molecule has 1 aromatic carbocycles. The van der Waals surface area contributed by atoms with Crippen LogP contribution in [0.25, 0.3) is 0 Å². The van der Waals surface area contributed by atoms with Gasteiger partial charge < -0.3 is 19.3 Å². The molecule has 130 valence electrons. The van der Waals surface area contributed by atoms with Crippen molar-refractivity contribution in [1.82, 2.24) is 4.90 Å². The SMILES string of the molecule is C[C@@H]1CN(C[C@@H](O)COCCOc2ccc(Br)cc2)C[C@@H](C)O1. The summed E-state index contributed by atoms with van der Waals surface area (Å²) in [6, 6.07) is 7.67. The Balaban J connectivity index is 1.56. The Bertz CT molecular complexity index is 446. The number of ether oxygens (including phenoxy) is 3. The highest BCUT2D eigenvalue weighted by atomic mass is 79.9. The highest BCUT2D eigenvalue weighted by molar-refractivity contribution is 9.10. The van der Waals surface area contributed by atoms with Crippen LogP contribution in [0.1, 0.15) is 13.8 Å². The fourth-order valence-corrected chi connectivity index (χ4v) is 3.02. The van der Waals surface area contributed by atoms with Gasteiger partial charge in [-0.3, -0.25) is 4.90 Å². The van der Waals surface area contributed by atoms with E-state index in [-0.39, 0.29) is 12.2 Å². The number of hydrogen-bond acceptors (Lipinski definition) is 5. The molecular formula is C17H26BrNO4. The lowest BCUT2D eigenvalue weighted by atomic mass is 10.2. The summed E-state index contributed by atoms with van der Waals surface area (Å²) in [7, 11) is 0. The molecule has 0 spiro atoms. The Kier molecular flexibility index (Phi) is 7.79. The molecule has 0 aromatic heterocycles. The van der Waals surface area contributed by atoms with E-state index in [4.69, 9.17) is 14.2 Å². The van der Waals surface area contributed by atoms with Gasteiger partial charge in [-0.1, -0.05) is 15.9 Å². The summed E-state index contributed by atoms with van der Waals surface area (Å²) in [5.41, 5.74) is 0. The van der Waals surface area contributed by atoms with E-state index < -0.39 is 6.10 Å². The zero-order chi connectivity index (χ0) is 16.7. The van der Waals surface area contributed by atoms with Crippen LogP contribution in [0.3, 0.4) is 0 Å². The summed E-state index contributed by atoms with van der Waals surface area (Å²) in [5.74, 6) is 0.814. The minimum absolute atomic E-state index is 0.214. The molecule has 2 rings (SSSR count). The van der Waals surface area contributed by atoms with Crippen LogP contribution in [0.15, 0.2) is 28.7 Å². The van der Waals surface area contributed by atoms with E-state index in [1.807, 2.05) is 24.3 Å². The van der Waals surface area contributed by atoms with Crippen molar-refractivity contribution in [3.05, 3.63) is 28.7 Å². The normalized spacial score (nSPS) is 23.7. The Labute approximate surface area is 146 Å². The Hall–Kier alpha value is -0.660. The molecule has 1 fully saturated rings. The van der Waals surface area contributed by atoms with Crippen molar-refractivity contribution in [2.75, 3.05) is 39.5 Å². The summed E-state index contributed by atoms with van der Waals surface area (Å²) < 4.78 is 17.8. The van der Waals surface area contributed by atoms with Crippen molar-refractivity contribution in [3.63, 3.8) is 0 Å². The average molecular weight is 388 g/mol. The summed E-state index contributed by atoms with van der Waals surface area (Å²) in [5, 5.41) is 10.1. The second-order valence-electron chi connectivity index (χ2n) is 6.01. The molecule has 0 unspecified atom stereocenters. The molecule has 1 aliphatic rings. The van der Waals surface area contributed by atoms with Gasteiger partial charge in [0.1, 0.15) is 12.4 Å². The number of aliphatic hydroxyl groups is 1. The lowest BCUT2D eigenvalue weighted by Gasteiger charge is -2.36. The fourth-order valence-electron chi connectivity index (χ4n) is 2.75. The van der Waals surface area contributed by atoms with Gasteiger partial charge in [-0.25, -0.2) is 0 Å². The third-order valence-electron chi connectivity index (χ3n) is 3.58. The van der Waals surface area contributed by atoms with Crippen molar-refractivity contribution >= 4 is 15.9 Å². The van der Waals surface area contributed by atoms with Gasteiger partial charge in [0.25, 0.3) is 0 Å². The largest absolute Gasteiger partial charge is 0.491 e. The molecule has 1 aromatic rings. The second-order valence-corrected chi connectivity index (χ2v) is 6.92. The van der Waals surface area contributed by atoms with Crippen LogP contribution in [0.2, 0.25) is 0 Å². The van der Waals surface area contributed by atoms with Gasteiger partial charge in [-0.2, -0.15) is 0 Å². The van der Waals surface area contributed by atoms with E-state index in [9.17, 15) is 5.11 Å². The smallest absolute Gasteiger partial charge is 0.119 e. The van der Waals surface area contributed by atoms with Crippen LogP contribution in [0.4, 0.5) is 0 Å². The third kappa shape index (κ3) is 7.18. The topological polar surface area (TPSA) is 51.2 Å². The standard InChI is InChI=1S/C17H26BrNO4/c1-13-9-19(10-14(2)23-13)11-16(20)12-21-7-8-22-17-5-3-15(18)4-6-17/h3-6,13-14,16,20H,7-12H2,1-2H3/t13-,14-,16-/m1/s1. The van der Waals surface area contributed by atoms with Gasteiger partial charge in [-0.15, -0.1) is 0 Å². The molecule has 23 heavy (non-hydrogen) atoms. The predicted octanol–water partition coefficient (Wildman–Crippen LogP) is 2.31. The van der Waals surface area contributed by atoms with Crippen LogP contribution in [0.5, 0.6) is 5.75 Å². The van der Waals surface area contributed by atoms with E-state index in [0.29, 0.717) is 26.4 Å². The number of halogens is 1. The van der Waals surface area contributed by atoms with Gasteiger partial charge in [-0.05, 0) is 38.1 Å². The number of morpholine rings is 1. The molecule has 1 heterocycles. The molecule has 0 aliphatic carbocycles. The van der Waals surface area contributed by atoms with E-state index in [0.717, 1.165) is 23.3 Å². The molecule has 3 atom stereocenters. The Morgan fingerprint density at radius 1 is 1.22 bits per heavy atom. The number of nitrogens with zero attached hydrogens (tertiary/aromatic N) is 1. The highest BCUT2D eigenvalue weighted by Gasteiger charge is 2.23. The molecule has 0 amide bonds.